The Kier molecular flexibility index (Phi) is 9.32. The predicted octanol–water partition coefficient (Wildman–Crippen LogP) is 2.95. The van der Waals surface area contributed by atoms with Crippen molar-refractivity contribution in [3.05, 3.63) is 81.9 Å². The van der Waals surface area contributed by atoms with Crippen molar-refractivity contribution >= 4 is 50.9 Å². The molecule has 0 saturated carbocycles. The van der Waals surface area contributed by atoms with Crippen LogP contribution in [0.15, 0.2) is 55.0 Å². The van der Waals surface area contributed by atoms with Crippen molar-refractivity contribution in [3.63, 3.8) is 0 Å². The summed E-state index contributed by atoms with van der Waals surface area (Å²) in [4.78, 5) is 31.7. The van der Waals surface area contributed by atoms with E-state index in [1.807, 2.05) is 16.7 Å². The Bertz CT molecular complexity index is 1550. The average molecular weight is 605 g/mol. The summed E-state index contributed by atoms with van der Waals surface area (Å²) >= 11 is 12.1. The monoisotopic (exact) mass is 603 g/mol. The van der Waals surface area contributed by atoms with Crippen LogP contribution in [-0.4, -0.2) is 77.6 Å². The number of halogens is 2. The van der Waals surface area contributed by atoms with E-state index in [-0.39, 0.29) is 26.2 Å². The van der Waals surface area contributed by atoms with Gasteiger partial charge in [-0.25, -0.2) is 18.2 Å². The fourth-order valence-electron chi connectivity index (χ4n) is 4.40. The summed E-state index contributed by atoms with van der Waals surface area (Å²) in [7, 11) is -3.71. The first-order valence-corrected chi connectivity index (χ1v) is 14.9. The minimum atomic E-state index is -3.71. The van der Waals surface area contributed by atoms with Gasteiger partial charge in [0.15, 0.2) is 0 Å². The Morgan fingerprint density at radius 2 is 1.95 bits per heavy atom. The normalized spacial score (nSPS) is 15.8. The molecule has 11 nitrogen and oxygen atoms in total. The zero-order valence-corrected chi connectivity index (χ0v) is 23.9. The number of amides is 3. The molecule has 1 aliphatic heterocycles. The average Bonchev–Trinajstić information content (AvgIpc) is 3.36. The van der Waals surface area contributed by atoms with Gasteiger partial charge in [-0.15, -0.1) is 0 Å². The summed E-state index contributed by atoms with van der Waals surface area (Å²) in [5, 5.41) is 15.5. The minimum Gasteiger partial charge on any atom is -0.354 e. The molecule has 3 amide bonds. The van der Waals surface area contributed by atoms with E-state index in [2.05, 4.69) is 15.6 Å². The molecule has 1 saturated heterocycles. The summed E-state index contributed by atoms with van der Waals surface area (Å²) in [5.41, 5.74) is 2.60. The molecule has 0 aliphatic carbocycles. The van der Waals surface area contributed by atoms with Gasteiger partial charge in [-0.2, -0.15) is 9.57 Å². The van der Waals surface area contributed by atoms with Crippen LogP contribution >= 0.6 is 23.2 Å². The first-order chi connectivity index (χ1) is 19.0. The molecular weight excluding hydrogens is 577 g/mol. The van der Waals surface area contributed by atoms with Crippen LogP contribution in [0.3, 0.4) is 0 Å². The van der Waals surface area contributed by atoms with E-state index in [0.29, 0.717) is 34.3 Å². The summed E-state index contributed by atoms with van der Waals surface area (Å²) in [6.45, 7) is 0.685. The number of urea groups is 1. The van der Waals surface area contributed by atoms with Gasteiger partial charge >= 0.3 is 6.03 Å². The molecule has 2 heterocycles. The molecule has 1 unspecified atom stereocenters. The third-order valence-electron chi connectivity index (χ3n) is 6.41. The van der Waals surface area contributed by atoms with Crippen molar-refractivity contribution in [1.82, 2.24) is 24.1 Å². The van der Waals surface area contributed by atoms with Crippen LogP contribution in [-0.2, 0) is 27.8 Å². The Morgan fingerprint density at radius 3 is 2.67 bits per heavy atom. The maximum absolute atomic E-state index is 13.2. The van der Waals surface area contributed by atoms with Gasteiger partial charge in [0.25, 0.3) is 0 Å². The molecular formula is C26H27Cl2N7O4S. The molecule has 0 spiro atoms. The maximum Gasteiger partial charge on any atom is 0.321 e. The number of nitrogens with one attached hydrogen (secondary N) is 2. The standard InChI is InChI=1S/C26H27Cl2N7O4S/c1-40(38,39)35-10-9-33(26(37)32-20-4-2-3-18(11-20)13-29)16-24(35)25(36)31-8-7-21-14-30-17-34(21)15-19-5-6-22(27)23(28)12-19/h2-6,11-12,14,17,24H,7-10,15-16H2,1H3,(H,31,36)(H,32,37). The van der Waals surface area contributed by atoms with E-state index in [9.17, 15) is 18.0 Å². The van der Waals surface area contributed by atoms with Crippen molar-refractivity contribution in [3.8, 4) is 6.07 Å². The van der Waals surface area contributed by atoms with Crippen LogP contribution in [0.4, 0.5) is 10.5 Å². The Hall–Kier alpha value is -3.63. The number of hydrogen-bond acceptors (Lipinski definition) is 6. The number of sulfonamides is 1. The molecule has 14 heteroatoms. The first kappa shape index (κ1) is 29.4. The lowest BCUT2D eigenvalue weighted by Gasteiger charge is -2.38. The third kappa shape index (κ3) is 7.31. The number of rotatable bonds is 8. The zero-order chi connectivity index (χ0) is 28.9. The molecule has 0 bridgehead atoms. The van der Waals surface area contributed by atoms with E-state index in [0.717, 1.165) is 21.8 Å². The Balaban J connectivity index is 1.38. The van der Waals surface area contributed by atoms with Crippen LogP contribution in [0, 0.1) is 11.3 Å². The number of aromatic nitrogens is 2. The van der Waals surface area contributed by atoms with Gasteiger partial charge < -0.3 is 20.1 Å². The summed E-state index contributed by atoms with van der Waals surface area (Å²) in [6, 6.07) is 12.2. The van der Waals surface area contributed by atoms with E-state index in [1.54, 1.807) is 42.9 Å². The summed E-state index contributed by atoms with van der Waals surface area (Å²) in [6.07, 6.45) is 4.85. The number of nitriles is 1. The number of imidazole rings is 1. The SMILES string of the molecule is CS(=O)(=O)N1CCN(C(=O)Nc2cccc(C#N)c2)CC1C(=O)NCCc1cncn1Cc1ccc(Cl)c(Cl)c1. The highest BCUT2D eigenvalue weighted by atomic mass is 35.5. The van der Waals surface area contributed by atoms with Crippen LogP contribution in [0.5, 0.6) is 0 Å². The molecule has 1 atom stereocenters. The number of benzene rings is 2. The highest BCUT2D eigenvalue weighted by Crippen LogP contribution is 2.23. The molecule has 1 aromatic heterocycles. The van der Waals surface area contributed by atoms with Gasteiger partial charge in [-0.05, 0) is 35.9 Å². The number of piperazine rings is 1. The van der Waals surface area contributed by atoms with Gasteiger partial charge in [0, 0.05) is 56.7 Å². The van der Waals surface area contributed by atoms with Crippen molar-refractivity contribution in [1.29, 1.82) is 5.26 Å². The fourth-order valence-corrected chi connectivity index (χ4v) is 5.75. The van der Waals surface area contributed by atoms with Gasteiger partial charge in [0.2, 0.25) is 15.9 Å². The number of nitrogens with zero attached hydrogens (tertiary/aromatic N) is 5. The minimum absolute atomic E-state index is 0.0288. The van der Waals surface area contributed by atoms with E-state index < -0.39 is 28.0 Å². The first-order valence-electron chi connectivity index (χ1n) is 12.3. The lowest BCUT2D eigenvalue weighted by Crippen LogP contribution is -2.61. The van der Waals surface area contributed by atoms with Crippen LogP contribution in [0.2, 0.25) is 10.0 Å². The Morgan fingerprint density at radius 1 is 1.15 bits per heavy atom. The number of hydrogen-bond donors (Lipinski definition) is 2. The van der Waals surface area contributed by atoms with E-state index >= 15 is 0 Å². The molecule has 3 aromatic rings. The van der Waals surface area contributed by atoms with Gasteiger partial charge in [-0.1, -0.05) is 35.3 Å². The molecule has 1 fully saturated rings. The highest BCUT2D eigenvalue weighted by Gasteiger charge is 2.39. The second-order valence-corrected chi connectivity index (χ2v) is 12.0. The van der Waals surface area contributed by atoms with Gasteiger partial charge in [-0.3, -0.25) is 4.79 Å². The largest absolute Gasteiger partial charge is 0.354 e. The smallest absolute Gasteiger partial charge is 0.321 e. The van der Waals surface area contributed by atoms with Crippen molar-refractivity contribution < 1.29 is 18.0 Å². The molecule has 40 heavy (non-hydrogen) atoms. The highest BCUT2D eigenvalue weighted by molar-refractivity contribution is 7.88. The summed E-state index contributed by atoms with van der Waals surface area (Å²) in [5.74, 6) is -0.509. The molecule has 2 aromatic carbocycles. The molecule has 2 N–H and O–H groups in total. The number of carbonyl (C=O) groups is 2. The van der Waals surface area contributed by atoms with Gasteiger partial charge in [0.05, 0.1) is 34.3 Å². The lowest BCUT2D eigenvalue weighted by molar-refractivity contribution is -0.126. The molecule has 1 aliphatic rings. The predicted molar refractivity (Wildman–Crippen MR) is 152 cm³/mol. The van der Waals surface area contributed by atoms with Crippen LogP contribution in [0.25, 0.3) is 0 Å². The second kappa shape index (κ2) is 12.7. The molecule has 0 radical (unpaired) electrons. The van der Waals surface area contributed by atoms with Crippen LogP contribution < -0.4 is 10.6 Å². The van der Waals surface area contributed by atoms with Crippen LogP contribution in [0.1, 0.15) is 16.8 Å². The number of carbonyl (C=O) groups excluding carboxylic acids is 2. The quantitative estimate of drug-likeness (QED) is 0.405. The van der Waals surface area contributed by atoms with Gasteiger partial charge in [0.1, 0.15) is 6.04 Å². The van der Waals surface area contributed by atoms with Crippen molar-refractivity contribution in [2.75, 3.05) is 37.8 Å². The molecule has 210 valence electrons. The fraction of sp³-hybridized carbons (Fsp3) is 0.308. The molecule has 4 rings (SSSR count). The zero-order valence-electron chi connectivity index (χ0n) is 21.5. The van der Waals surface area contributed by atoms with E-state index in [1.165, 1.54) is 11.0 Å². The van der Waals surface area contributed by atoms with E-state index in [4.69, 9.17) is 28.5 Å². The Labute approximate surface area is 242 Å². The summed E-state index contributed by atoms with van der Waals surface area (Å²) < 4.78 is 27.9. The van der Waals surface area contributed by atoms with Crippen molar-refractivity contribution in [2.45, 2.75) is 19.0 Å². The second-order valence-electron chi connectivity index (χ2n) is 9.26. The number of anilines is 1. The topological polar surface area (TPSA) is 140 Å². The maximum atomic E-state index is 13.2. The third-order valence-corrected chi connectivity index (χ3v) is 8.43. The van der Waals surface area contributed by atoms with Crippen molar-refractivity contribution in [2.24, 2.45) is 0 Å². The lowest BCUT2D eigenvalue weighted by atomic mass is 10.2.